The van der Waals surface area contributed by atoms with Crippen molar-refractivity contribution in [2.75, 3.05) is 11.9 Å². The molecule has 11 nitrogen and oxygen atoms in total. The number of amides is 2. The Balaban J connectivity index is 1.61. The van der Waals surface area contributed by atoms with Crippen LogP contribution >= 0.6 is 0 Å². The molecule has 0 bridgehead atoms. The fourth-order valence-corrected chi connectivity index (χ4v) is 1.26. The van der Waals surface area contributed by atoms with E-state index in [1.54, 1.807) is 0 Å². The number of hydrogen-bond acceptors (Lipinski definition) is 7. The monoisotopic (exact) mass is 265 g/mol. The van der Waals surface area contributed by atoms with Gasteiger partial charge in [-0.1, -0.05) is 10.3 Å². The van der Waals surface area contributed by atoms with E-state index in [0.29, 0.717) is 13.0 Å². The number of nitrogens with one attached hydrogen (secondary N) is 4. The third kappa shape index (κ3) is 3.83. The topological polar surface area (TPSA) is 154 Å². The van der Waals surface area contributed by atoms with Crippen LogP contribution in [0.5, 0.6) is 0 Å². The van der Waals surface area contributed by atoms with Crippen LogP contribution in [-0.2, 0) is 4.79 Å². The molecule has 11 heteroatoms. The van der Waals surface area contributed by atoms with Crippen molar-refractivity contribution >= 4 is 17.8 Å². The van der Waals surface area contributed by atoms with Crippen molar-refractivity contribution in [3.63, 3.8) is 0 Å². The molecule has 0 aliphatic heterocycles. The predicted molar refractivity (Wildman–Crippen MR) is 60.8 cm³/mol. The lowest BCUT2D eigenvalue weighted by Gasteiger charge is -2.03. The Kier molecular flexibility index (Phi) is 4.10. The Morgan fingerprint density at radius 3 is 2.84 bits per heavy atom. The van der Waals surface area contributed by atoms with Crippen molar-refractivity contribution in [2.24, 2.45) is 0 Å². The van der Waals surface area contributed by atoms with Gasteiger partial charge in [0.25, 0.3) is 5.91 Å². The van der Waals surface area contributed by atoms with E-state index in [9.17, 15) is 9.59 Å². The molecule has 0 aromatic carbocycles. The SMILES string of the molecule is O=C(CCCNC(=O)c1cnn[nH]1)Nc1nnn[nH]1. The van der Waals surface area contributed by atoms with Gasteiger partial charge in [-0.05, 0) is 16.8 Å². The summed E-state index contributed by atoms with van der Waals surface area (Å²) in [6, 6.07) is 0. The van der Waals surface area contributed by atoms with Gasteiger partial charge in [-0.3, -0.25) is 20.0 Å². The minimum absolute atomic E-state index is 0.192. The number of nitrogens with zero attached hydrogens (tertiary/aromatic N) is 5. The van der Waals surface area contributed by atoms with Crippen molar-refractivity contribution < 1.29 is 9.59 Å². The maximum absolute atomic E-state index is 11.5. The smallest absolute Gasteiger partial charge is 0.270 e. The predicted octanol–water partition coefficient (Wildman–Crippen LogP) is -1.53. The van der Waals surface area contributed by atoms with Gasteiger partial charge in [-0.15, -0.1) is 5.10 Å². The second kappa shape index (κ2) is 6.18. The molecule has 4 N–H and O–H groups in total. The molecule has 0 spiro atoms. The maximum Gasteiger partial charge on any atom is 0.270 e. The van der Waals surface area contributed by atoms with Crippen LogP contribution in [-0.4, -0.2) is 54.4 Å². The number of rotatable bonds is 6. The highest BCUT2D eigenvalue weighted by Gasteiger charge is 2.08. The first kappa shape index (κ1) is 12.6. The third-order valence-corrected chi connectivity index (χ3v) is 2.13. The Hall–Kier alpha value is -2.85. The summed E-state index contributed by atoms with van der Waals surface area (Å²) in [6.07, 6.45) is 2.04. The molecule has 0 fully saturated rings. The molecule has 0 saturated carbocycles. The first-order chi connectivity index (χ1) is 9.25. The van der Waals surface area contributed by atoms with Gasteiger partial charge < -0.3 is 5.32 Å². The molecule has 2 heterocycles. The molecule has 2 amide bonds. The Labute approximate surface area is 106 Å². The highest BCUT2D eigenvalue weighted by molar-refractivity contribution is 5.92. The van der Waals surface area contributed by atoms with E-state index in [-0.39, 0.29) is 29.9 Å². The molecule has 0 aliphatic rings. The molecular weight excluding hydrogens is 254 g/mol. The van der Waals surface area contributed by atoms with Gasteiger partial charge in [0.15, 0.2) is 0 Å². The first-order valence-electron chi connectivity index (χ1n) is 5.43. The molecule has 100 valence electrons. The number of tetrazole rings is 1. The minimum atomic E-state index is -0.315. The molecule has 2 aromatic heterocycles. The van der Waals surface area contributed by atoms with E-state index in [1.807, 2.05) is 0 Å². The molecule has 19 heavy (non-hydrogen) atoms. The minimum Gasteiger partial charge on any atom is -0.351 e. The van der Waals surface area contributed by atoms with E-state index >= 15 is 0 Å². The number of anilines is 1. The summed E-state index contributed by atoms with van der Waals surface area (Å²) in [6.45, 7) is 0.361. The number of aromatic nitrogens is 7. The average molecular weight is 265 g/mol. The lowest BCUT2D eigenvalue weighted by atomic mass is 10.3. The third-order valence-electron chi connectivity index (χ3n) is 2.13. The number of carbonyl (C=O) groups is 2. The van der Waals surface area contributed by atoms with Crippen LogP contribution in [0.4, 0.5) is 5.95 Å². The fourth-order valence-electron chi connectivity index (χ4n) is 1.26. The Morgan fingerprint density at radius 1 is 1.26 bits per heavy atom. The molecule has 0 unspecified atom stereocenters. The van der Waals surface area contributed by atoms with Crippen molar-refractivity contribution in [1.29, 1.82) is 0 Å². The molecule has 0 radical (unpaired) electrons. The zero-order valence-electron chi connectivity index (χ0n) is 9.75. The lowest BCUT2D eigenvalue weighted by molar-refractivity contribution is -0.116. The number of H-pyrrole nitrogens is 2. The summed E-state index contributed by atoms with van der Waals surface area (Å²) in [7, 11) is 0. The summed E-state index contributed by atoms with van der Waals surface area (Å²) in [5.74, 6) is -0.363. The standard InChI is InChI=1S/C8H11N9O2/c18-6(11-8-13-16-17-14-8)2-1-3-9-7(19)5-4-10-15-12-5/h4H,1-3H2,(H,9,19)(H,10,12,15)(H2,11,13,14,16,17,18). The van der Waals surface area contributed by atoms with Crippen LogP contribution in [0.2, 0.25) is 0 Å². The molecule has 2 rings (SSSR count). The number of carbonyl (C=O) groups excluding carboxylic acids is 2. The van der Waals surface area contributed by atoms with E-state index in [4.69, 9.17) is 0 Å². The summed E-state index contributed by atoms with van der Waals surface area (Å²) >= 11 is 0. The zero-order valence-corrected chi connectivity index (χ0v) is 9.75. The van der Waals surface area contributed by atoms with Crippen LogP contribution in [0.3, 0.4) is 0 Å². The lowest BCUT2D eigenvalue weighted by Crippen LogP contribution is -2.25. The Morgan fingerprint density at radius 2 is 2.16 bits per heavy atom. The van der Waals surface area contributed by atoms with E-state index in [1.165, 1.54) is 6.20 Å². The summed E-state index contributed by atoms with van der Waals surface area (Å²) in [5.41, 5.74) is 0.275. The van der Waals surface area contributed by atoms with Gasteiger partial charge in [-0.25, -0.2) is 5.10 Å². The van der Waals surface area contributed by atoms with Gasteiger partial charge in [0.1, 0.15) is 5.69 Å². The number of hydrogen-bond donors (Lipinski definition) is 4. The van der Waals surface area contributed by atoms with Gasteiger partial charge >= 0.3 is 0 Å². The molecule has 0 aliphatic carbocycles. The normalized spacial score (nSPS) is 10.1. The summed E-state index contributed by atoms with van der Waals surface area (Å²) in [5, 5.41) is 27.0. The van der Waals surface area contributed by atoms with E-state index in [2.05, 4.69) is 46.7 Å². The Bertz CT molecular complexity index is 520. The first-order valence-corrected chi connectivity index (χ1v) is 5.43. The van der Waals surface area contributed by atoms with Crippen molar-refractivity contribution in [3.8, 4) is 0 Å². The highest BCUT2D eigenvalue weighted by atomic mass is 16.2. The van der Waals surface area contributed by atoms with Crippen molar-refractivity contribution in [2.45, 2.75) is 12.8 Å². The quantitative estimate of drug-likeness (QED) is 0.461. The zero-order chi connectivity index (χ0) is 13.5. The van der Waals surface area contributed by atoms with Crippen LogP contribution < -0.4 is 10.6 Å². The molecule has 0 atom stereocenters. The van der Waals surface area contributed by atoms with Crippen molar-refractivity contribution in [3.05, 3.63) is 11.9 Å². The fraction of sp³-hybridized carbons (Fsp3) is 0.375. The van der Waals surface area contributed by atoms with Crippen molar-refractivity contribution in [1.82, 2.24) is 41.4 Å². The molecular formula is C8H11N9O2. The van der Waals surface area contributed by atoms with Crippen LogP contribution in [0.25, 0.3) is 0 Å². The van der Waals surface area contributed by atoms with Crippen LogP contribution in [0.15, 0.2) is 6.20 Å². The van der Waals surface area contributed by atoms with E-state index in [0.717, 1.165) is 0 Å². The van der Waals surface area contributed by atoms with Crippen LogP contribution in [0, 0.1) is 0 Å². The summed E-state index contributed by atoms with van der Waals surface area (Å²) in [4.78, 5) is 22.9. The second-order valence-corrected chi connectivity index (χ2v) is 3.53. The molecule has 2 aromatic rings. The van der Waals surface area contributed by atoms with Gasteiger partial charge in [0, 0.05) is 13.0 Å². The maximum atomic E-state index is 11.5. The number of aromatic amines is 2. The highest BCUT2D eigenvalue weighted by Crippen LogP contribution is 1.96. The molecule has 0 saturated heterocycles. The van der Waals surface area contributed by atoms with E-state index < -0.39 is 0 Å². The largest absolute Gasteiger partial charge is 0.351 e. The van der Waals surface area contributed by atoms with Gasteiger partial charge in [-0.2, -0.15) is 0 Å². The van der Waals surface area contributed by atoms with Crippen LogP contribution in [0.1, 0.15) is 23.3 Å². The average Bonchev–Trinajstić information content (AvgIpc) is 3.06. The summed E-state index contributed by atoms with van der Waals surface area (Å²) < 4.78 is 0. The van der Waals surface area contributed by atoms with Gasteiger partial charge in [0.2, 0.25) is 11.9 Å². The second-order valence-electron chi connectivity index (χ2n) is 3.53. The van der Waals surface area contributed by atoms with Gasteiger partial charge in [0.05, 0.1) is 6.20 Å².